The number of halogens is 1. The molecule has 0 saturated heterocycles. The molecule has 114 valence electrons. The van der Waals surface area contributed by atoms with Crippen molar-refractivity contribution < 1.29 is 9.18 Å². The van der Waals surface area contributed by atoms with Crippen LogP contribution in [-0.4, -0.2) is 16.4 Å². The van der Waals surface area contributed by atoms with Crippen LogP contribution >= 0.6 is 12.2 Å². The number of carbonyl (C=O) groups excluding carboxylic acids is 1. The van der Waals surface area contributed by atoms with Crippen LogP contribution in [-0.2, 0) is 0 Å². The molecule has 3 N–H and O–H groups in total. The molecule has 0 atom stereocenters. The average Bonchev–Trinajstić information content (AvgIpc) is 2.41. The van der Waals surface area contributed by atoms with Crippen LogP contribution in [0.2, 0.25) is 0 Å². The van der Waals surface area contributed by atoms with Gasteiger partial charge in [-0.1, -0.05) is 19.1 Å². The molecule has 0 spiro atoms. The predicted molar refractivity (Wildman–Crippen MR) is 85.8 cm³/mol. The van der Waals surface area contributed by atoms with Crippen LogP contribution in [0.5, 0.6) is 0 Å². The molecule has 0 aliphatic heterocycles. The second-order valence-corrected chi connectivity index (χ2v) is 6.48. The van der Waals surface area contributed by atoms with E-state index in [9.17, 15) is 9.18 Å². The summed E-state index contributed by atoms with van der Waals surface area (Å²) >= 11 is 5.19. The molecule has 21 heavy (non-hydrogen) atoms. The van der Waals surface area contributed by atoms with Crippen LogP contribution in [0.15, 0.2) is 18.2 Å². The number of amides is 1. The quantitative estimate of drug-likeness (QED) is 0.844. The minimum absolute atomic E-state index is 0.241. The zero-order valence-electron chi connectivity index (χ0n) is 12.4. The summed E-state index contributed by atoms with van der Waals surface area (Å²) in [6, 6.07) is 4.14. The number of nitrogens with two attached hydrogens (primary N) is 1. The van der Waals surface area contributed by atoms with Gasteiger partial charge in [-0.25, -0.2) is 4.39 Å². The van der Waals surface area contributed by atoms with Gasteiger partial charge in [-0.3, -0.25) is 4.79 Å². The second-order valence-electron chi connectivity index (χ2n) is 6.04. The number of benzene rings is 1. The van der Waals surface area contributed by atoms with E-state index in [2.05, 4.69) is 12.2 Å². The van der Waals surface area contributed by atoms with Crippen molar-refractivity contribution in [1.29, 1.82) is 0 Å². The first-order valence-electron chi connectivity index (χ1n) is 7.22. The van der Waals surface area contributed by atoms with Gasteiger partial charge in [0.15, 0.2) is 0 Å². The lowest BCUT2D eigenvalue weighted by atomic mass is 9.77. The third-order valence-electron chi connectivity index (χ3n) is 4.39. The van der Waals surface area contributed by atoms with Crippen molar-refractivity contribution >= 4 is 23.1 Å². The molecule has 1 saturated carbocycles. The maximum absolute atomic E-state index is 13.1. The number of carbonyl (C=O) groups is 1. The topological polar surface area (TPSA) is 55.1 Å². The number of thiocarbonyl (C=S) groups is 1. The Hall–Kier alpha value is -1.49. The highest BCUT2D eigenvalue weighted by Crippen LogP contribution is 2.32. The molecule has 5 heteroatoms. The van der Waals surface area contributed by atoms with Gasteiger partial charge in [0.2, 0.25) is 0 Å². The zero-order valence-corrected chi connectivity index (χ0v) is 13.2. The van der Waals surface area contributed by atoms with E-state index in [1.807, 2.05) is 0 Å². The minimum Gasteiger partial charge on any atom is -0.391 e. The number of hydrogen-bond acceptors (Lipinski definition) is 2. The maximum atomic E-state index is 13.1. The SMILES string of the molecule is Cc1cc(F)ccc1C(=O)NC1(C(N)=S)CCC(C)CC1. The number of nitrogens with one attached hydrogen (secondary N) is 1. The van der Waals surface area contributed by atoms with E-state index < -0.39 is 5.54 Å². The summed E-state index contributed by atoms with van der Waals surface area (Å²) in [5.41, 5.74) is 6.35. The molecule has 0 unspecified atom stereocenters. The summed E-state index contributed by atoms with van der Waals surface area (Å²) in [5, 5.41) is 3.00. The molecule has 0 bridgehead atoms. The van der Waals surface area contributed by atoms with E-state index in [1.54, 1.807) is 6.92 Å². The summed E-state index contributed by atoms with van der Waals surface area (Å²) < 4.78 is 13.1. The number of aryl methyl sites for hydroxylation is 1. The Labute approximate surface area is 130 Å². The molecule has 1 amide bonds. The highest BCUT2D eigenvalue weighted by molar-refractivity contribution is 7.80. The Kier molecular flexibility index (Phi) is 4.61. The molecule has 2 rings (SSSR count). The zero-order chi connectivity index (χ0) is 15.6. The molecule has 0 aromatic heterocycles. The van der Waals surface area contributed by atoms with Crippen molar-refractivity contribution in [2.45, 2.75) is 45.1 Å². The van der Waals surface area contributed by atoms with Crippen LogP contribution in [0.4, 0.5) is 4.39 Å². The van der Waals surface area contributed by atoms with Gasteiger partial charge in [0.25, 0.3) is 5.91 Å². The maximum Gasteiger partial charge on any atom is 0.252 e. The van der Waals surface area contributed by atoms with E-state index >= 15 is 0 Å². The van der Waals surface area contributed by atoms with Gasteiger partial charge in [-0.2, -0.15) is 0 Å². The smallest absolute Gasteiger partial charge is 0.252 e. The van der Waals surface area contributed by atoms with Crippen molar-refractivity contribution in [2.75, 3.05) is 0 Å². The Bertz CT molecular complexity index is 565. The Morgan fingerprint density at radius 1 is 1.43 bits per heavy atom. The summed E-state index contributed by atoms with van der Waals surface area (Å²) in [6.07, 6.45) is 3.49. The number of rotatable bonds is 3. The van der Waals surface area contributed by atoms with Crippen LogP contribution in [0.1, 0.15) is 48.5 Å². The highest BCUT2D eigenvalue weighted by Gasteiger charge is 2.38. The minimum atomic E-state index is -0.611. The Morgan fingerprint density at radius 2 is 2.05 bits per heavy atom. The van der Waals surface area contributed by atoms with Crippen molar-refractivity contribution in [3.8, 4) is 0 Å². The molecule has 1 aromatic carbocycles. The standard InChI is InChI=1S/C16H21FN2OS/c1-10-5-7-16(8-6-10,15(18)21)19-14(20)13-4-3-12(17)9-11(13)2/h3-4,9-10H,5-8H2,1-2H3,(H2,18,21)(H,19,20). The van der Waals surface area contributed by atoms with Crippen LogP contribution in [0, 0.1) is 18.7 Å². The van der Waals surface area contributed by atoms with Gasteiger partial charge in [-0.15, -0.1) is 0 Å². The first-order valence-corrected chi connectivity index (χ1v) is 7.63. The highest BCUT2D eigenvalue weighted by atomic mass is 32.1. The fourth-order valence-electron chi connectivity index (χ4n) is 2.85. The molecule has 1 aliphatic carbocycles. The fourth-order valence-corrected chi connectivity index (χ4v) is 3.11. The summed E-state index contributed by atoms with van der Waals surface area (Å²) in [7, 11) is 0. The van der Waals surface area contributed by atoms with E-state index in [1.165, 1.54) is 18.2 Å². The second kappa shape index (κ2) is 6.10. The summed E-state index contributed by atoms with van der Waals surface area (Å²) in [5.74, 6) is 0.0337. The van der Waals surface area contributed by atoms with Crippen molar-refractivity contribution in [3.63, 3.8) is 0 Å². The molecule has 1 fully saturated rings. The third-order valence-corrected chi connectivity index (χ3v) is 4.78. The largest absolute Gasteiger partial charge is 0.391 e. The normalized spacial score (nSPS) is 25.4. The van der Waals surface area contributed by atoms with Crippen molar-refractivity contribution in [3.05, 3.63) is 35.1 Å². The first kappa shape index (κ1) is 15.9. The molecule has 0 heterocycles. The van der Waals surface area contributed by atoms with E-state index in [0.717, 1.165) is 25.7 Å². The molecule has 1 aliphatic rings. The lowest BCUT2D eigenvalue weighted by molar-refractivity contribution is 0.0900. The third kappa shape index (κ3) is 3.40. The van der Waals surface area contributed by atoms with Crippen LogP contribution in [0.3, 0.4) is 0 Å². The van der Waals surface area contributed by atoms with Gasteiger partial charge in [-0.05, 0) is 62.3 Å². The van der Waals surface area contributed by atoms with Gasteiger partial charge >= 0.3 is 0 Å². The van der Waals surface area contributed by atoms with Gasteiger partial charge in [0.1, 0.15) is 5.82 Å². The first-order chi connectivity index (χ1) is 9.84. The average molecular weight is 308 g/mol. The van der Waals surface area contributed by atoms with Crippen molar-refractivity contribution in [1.82, 2.24) is 5.32 Å². The monoisotopic (exact) mass is 308 g/mol. The van der Waals surface area contributed by atoms with E-state index in [4.69, 9.17) is 18.0 Å². The van der Waals surface area contributed by atoms with Crippen LogP contribution in [0.25, 0.3) is 0 Å². The fraction of sp³-hybridized carbons (Fsp3) is 0.500. The summed E-state index contributed by atoms with van der Waals surface area (Å²) in [4.78, 5) is 12.8. The molecule has 0 radical (unpaired) electrons. The number of hydrogen-bond donors (Lipinski definition) is 2. The molecule has 1 aromatic rings. The molecular weight excluding hydrogens is 287 g/mol. The van der Waals surface area contributed by atoms with Gasteiger partial charge in [0, 0.05) is 5.56 Å². The molecule has 3 nitrogen and oxygen atoms in total. The van der Waals surface area contributed by atoms with Crippen molar-refractivity contribution in [2.24, 2.45) is 11.7 Å². The van der Waals surface area contributed by atoms with Gasteiger partial charge < -0.3 is 11.1 Å². The van der Waals surface area contributed by atoms with Gasteiger partial charge in [0.05, 0.1) is 10.5 Å². The Morgan fingerprint density at radius 3 is 2.57 bits per heavy atom. The lowest BCUT2D eigenvalue weighted by Gasteiger charge is -2.39. The summed E-state index contributed by atoms with van der Waals surface area (Å²) in [6.45, 7) is 3.91. The molecular formula is C16H21FN2OS. The lowest BCUT2D eigenvalue weighted by Crippen LogP contribution is -2.58. The predicted octanol–water partition coefficient (Wildman–Crippen LogP) is 3.10. The Balaban J connectivity index is 2.21. The van der Waals surface area contributed by atoms with Crippen LogP contribution < -0.4 is 11.1 Å². The van der Waals surface area contributed by atoms with E-state index in [0.29, 0.717) is 22.0 Å². The van der Waals surface area contributed by atoms with E-state index in [-0.39, 0.29) is 11.7 Å².